The van der Waals surface area contributed by atoms with Gasteiger partial charge in [0.05, 0.1) is 0 Å². The van der Waals surface area contributed by atoms with Crippen LogP contribution in [0.2, 0.25) is 0 Å². The largest absolute Gasteiger partial charge is 0.285 e. The fourth-order valence-electron chi connectivity index (χ4n) is 1.96. The van der Waals surface area contributed by atoms with Crippen LogP contribution in [-0.2, 0) is 4.79 Å². The monoisotopic (exact) mass is 121 g/mol. The van der Waals surface area contributed by atoms with E-state index in [-0.39, 0.29) is 0 Å². The van der Waals surface area contributed by atoms with E-state index in [9.17, 15) is 4.79 Å². The van der Waals surface area contributed by atoms with Gasteiger partial charge in [-0.1, -0.05) is 6.08 Å². The molecule has 1 saturated carbocycles. The van der Waals surface area contributed by atoms with E-state index in [0.717, 1.165) is 11.5 Å². The van der Waals surface area contributed by atoms with Crippen molar-refractivity contribution in [3.8, 4) is 0 Å². The molecule has 0 aromatic carbocycles. The molecule has 47 valence electrons. The molecule has 0 saturated heterocycles. The Hall–Kier alpha value is -0.590. The zero-order valence-electron chi connectivity index (χ0n) is 5.26. The van der Waals surface area contributed by atoms with Gasteiger partial charge in [-0.3, -0.25) is 4.79 Å². The third-order valence-corrected chi connectivity index (χ3v) is 2.45. The summed E-state index contributed by atoms with van der Waals surface area (Å²) in [5.74, 6) is 1.32. The van der Waals surface area contributed by atoms with E-state index in [0.29, 0.717) is 5.92 Å². The average Bonchev–Trinajstić information content (AvgIpc) is 2.45. The van der Waals surface area contributed by atoms with Gasteiger partial charge in [0.1, 0.15) is 0 Å². The lowest BCUT2D eigenvalue weighted by Crippen LogP contribution is -1.96. The van der Waals surface area contributed by atoms with Crippen LogP contribution in [0.5, 0.6) is 0 Å². The maximum Gasteiger partial charge on any atom is 0.229 e. The number of allylic oxidation sites excluding steroid dienone is 2. The van der Waals surface area contributed by atoms with Gasteiger partial charge in [-0.15, -0.1) is 0 Å². The SMILES string of the molecule is O=[C]C1=CC2CCC1C2. The molecule has 0 N–H and O–H groups in total. The Morgan fingerprint density at radius 1 is 1.56 bits per heavy atom. The third-order valence-electron chi connectivity index (χ3n) is 2.45. The van der Waals surface area contributed by atoms with E-state index in [2.05, 4.69) is 6.08 Å². The zero-order chi connectivity index (χ0) is 6.27. The molecular weight excluding hydrogens is 112 g/mol. The van der Waals surface area contributed by atoms with E-state index in [4.69, 9.17) is 0 Å². The minimum absolute atomic E-state index is 0.590. The van der Waals surface area contributed by atoms with Gasteiger partial charge in [0.25, 0.3) is 0 Å². The lowest BCUT2D eigenvalue weighted by atomic mass is 10.0. The van der Waals surface area contributed by atoms with E-state index < -0.39 is 0 Å². The predicted octanol–water partition coefficient (Wildman–Crippen LogP) is 1.45. The van der Waals surface area contributed by atoms with Crippen molar-refractivity contribution in [1.82, 2.24) is 0 Å². The van der Waals surface area contributed by atoms with Gasteiger partial charge >= 0.3 is 0 Å². The normalized spacial score (nSPS) is 38.9. The van der Waals surface area contributed by atoms with Gasteiger partial charge in [0.15, 0.2) is 0 Å². The Kier molecular flexibility index (Phi) is 0.981. The highest BCUT2D eigenvalue weighted by Crippen LogP contribution is 2.42. The molecule has 1 radical (unpaired) electrons. The summed E-state index contributed by atoms with van der Waals surface area (Å²) in [7, 11) is 0. The molecule has 1 nitrogen and oxygen atoms in total. The highest BCUT2D eigenvalue weighted by Gasteiger charge is 2.32. The second-order valence-corrected chi connectivity index (χ2v) is 2.99. The van der Waals surface area contributed by atoms with Crippen LogP contribution in [0, 0.1) is 11.8 Å². The molecule has 0 aromatic rings. The molecule has 0 amide bonds. The first-order chi connectivity index (χ1) is 4.40. The van der Waals surface area contributed by atoms with Gasteiger partial charge in [0, 0.05) is 5.57 Å². The maximum atomic E-state index is 10.2. The Bertz CT molecular complexity index is 169. The van der Waals surface area contributed by atoms with Crippen LogP contribution >= 0.6 is 0 Å². The number of fused-ring (bicyclic) bond motifs is 2. The molecule has 1 heteroatoms. The van der Waals surface area contributed by atoms with Gasteiger partial charge in [0.2, 0.25) is 6.29 Å². The summed E-state index contributed by atoms with van der Waals surface area (Å²) in [6.07, 6.45) is 7.86. The van der Waals surface area contributed by atoms with Crippen molar-refractivity contribution in [2.75, 3.05) is 0 Å². The summed E-state index contributed by atoms with van der Waals surface area (Å²) in [5.41, 5.74) is 0.950. The fourth-order valence-corrected chi connectivity index (χ4v) is 1.96. The van der Waals surface area contributed by atoms with Crippen molar-refractivity contribution in [2.24, 2.45) is 11.8 Å². The van der Waals surface area contributed by atoms with Crippen molar-refractivity contribution in [3.05, 3.63) is 11.6 Å². The third kappa shape index (κ3) is 0.640. The second-order valence-electron chi connectivity index (χ2n) is 2.99. The van der Waals surface area contributed by atoms with Gasteiger partial charge < -0.3 is 0 Å². The van der Waals surface area contributed by atoms with Crippen molar-refractivity contribution in [2.45, 2.75) is 19.3 Å². The number of carbonyl (C=O) groups excluding carboxylic acids is 1. The van der Waals surface area contributed by atoms with Gasteiger partial charge in [-0.05, 0) is 31.1 Å². The first kappa shape index (κ1) is 5.21. The van der Waals surface area contributed by atoms with Crippen LogP contribution in [0.15, 0.2) is 11.6 Å². The van der Waals surface area contributed by atoms with Crippen LogP contribution < -0.4 is 0 Å². The molecule has 0 aliphatic heterocycles. The van der Waals surface area contributed by atoms with Crippen molar-refractivity contribution in [3.63, 3.8) is 0 Å². The quantitative estimate of drug-likeness (QED) is 0.513. The van der Waals surface area contributed by atoms with Crippen LogP contribution in [0.3, 0.4) is 0 Å². The Morgan fingerprint density at radius 3 is 2.78 bits per heavy atom. The summed E-state index contributed by atoms with van der Waals surface area (Å²) in [5, 5.41) is 0. The Morgan fingerprint density at radius 2 is 2.44 bits per heavy atom. The number of hydrogen-bond donors (Lipinski definition) is 0. The molecule has 9 heavy (non-hydrogen) atoms. The summed E-state index contributed by atoms with van der Waals surface area (Å²) in [6, 6.07) is 0. The fraction of sp³-hybridized carbons (Fsp3) is 0.625. The molecule has 0 spiro atoms. The maximum absolute atomic E-state index is 10.2. The molecule has 2 aliphatic rings. The minimum atomic E-state index is 0.590. The Labute approximate surface area is 54.8 Å². The van der Waals surface area contributed by atoms with E-state index in [1.54, 1.807) is 0 Å². The summed E-state index contributed by atoms with van der Waals surface area (Å²) < 4.78 is 0. The van der Waals surface area contributed by atoms with Crippen LogP contribution in [0.25, 0.3) is 0 Å². The van der Waals surface area contributed by atoms with Crippen LogP contribution in [0.4, 0.5) is 0 Å². The van der Waals surface area contributed by atoms with Crippen molar-refractivity contribution >= 4 is 6.29 Å². The average molecular weight is 121 g/mol. The standard InChI is InChI=1S/C8H9O/c9-5-8-4-6-1-2-7(8)3-6/h4,6-7H,1-3H2. The number of hydrogen-bond acceptors (Lipinski definition) is 1. The number of rotatable bonds is 1. The lowest BCUT2D eigenvalue weighted by Gasteiger charge is -2.03. The first-order valence-corrected chi connectivity index (χ1v) is 3.50. The van der Waals surface area contributed by atoms with E-state index in [1.165, 1.54) is 19.3 Å². The second kappa shape index (κ2) is 1.69. The van der Waals surface area contributed by atoms with Crippen LogP contribution in [-0.4, -0.2) is 6.29 Å². The topological polar surface area (TPSA) is 17.1 Å². The molecule has 2 aliphatic carbocycles. The van der Waals surface area contributed by atoms with Gasteiger partial charge in [-0.2, -0.15) is 0 Å². The first-order valence-electron chi connectivity index (χ1n) is 3.50. The predicted molar refractivity (Wildman–Crippen MR) is 34.6 cm³/mol. The highest BCUT2D eigenvalue weighted by atomic mass is 16.1. The van der Waals surface area contributed by atoms with E-state index in [1.807, 2.05) is 6.29 Å². The highest BCUT2D eigenvalue weighted by molar-refractivity contribution is 5.76. The summed E-state index contributed by atoms with van der Waals surface area (Å²) >= 11 is 0. The van der Waals surface area contributed by atoms with Crippen LogP contribution in [0.1, 0.15) is 19.3 Å². The molecule has 0 aromatic heterocycles. The lowest BCUT2D eigenvalue weighted by molar-refractivity contribution is 0.551. The Balaban J connectivity index is 2.26. The summed E-state index contributed by atoms with van der Waals surface area (Å²) in [4.78, 5) is 10.2. The van der Waals surface area contributed by atoms with E-state index >= 15 is 0 Å². The summed E-state index contributed by atoms with van der Waals surface area (Å²) in [6.45, 7) is 0. The molecule has 0 heterocycles. The minimum Gasteiger partial charge on any atom is -0.285 e. The van der Waals surface area contributed by atoms with Crippen molar-refractivity contribution in [1.29, 1.82) is 0 Å². The molecule has 2 bridgehead atoms. The zero-order valence-corrected chi connectivity index (χ0v) is 5.26. The smallest absolute Gasteiger partial charge is 0.229 e. The molecule has 2 rings (SSSR count). The molecule has 1 fully saturated rings. The van der Waals surface area contributed by atoms with Crippen molar-refractivity contribution < 1.29 is 4.79 Å². The molecule has 2 atom stereocenters. The molecule has 2 unspecified atom stereocenters. The molecular formula is C8H9O. The van der Waals surface area contributed by atoms with Gasteiger partial charge in [-0.25, -0.2) is 0 Å².